The first-order valence-corrected chi connectivity index (χ1v) is 9.62. The van der Waals surface area contributed by atoms with Crippen LogP contribution < -0.4 is 4.74 Å². The Kier molecular flexibility index (Phi) is 10.9. The van der Waals surface area contributed by atoms with Crippen LogP contribution in [0.5, 0.6) is 5.75 Å². The van der Waals surface area contributed by atoms with Crippen molar-refractivity contribution in [1.29, 1.82) is 5.26 Å². The van der Waals surface area contributed by atoms with Crippen molar-refractivity contribution in [2.75, 3.05) is 6.61 Å². The minimum Gasteiger partial charge on any atom is -0.492 e. The Hall–Kier alpha value is -2.39. The average molecular weight is 377 g/mol. The molecular weight excluding hydrogens is 348 g/mol. The molecule has 0 amide bonds. The second-order valence-corrected chi connectivity index (χ2v) is 6.27. The largest absolute Gasteiger partial charge is 0.492 e. The second-order valence-electron chi connectivity index (χ2n) is 5.27. The average Bonchev–Trinajstić information content (AvgIpc) is 3.05. The van der Waals surface area contributed by atoms with Crippen LogP contribution in [0.15, 0.2) is 18.2 Å². The van der Waals surface area contributed by atoms with Crippen LogP contribution in [-0.2, 0) is 0 Å². The van der Waals surface area contributed by atoms with Gasteiger partial charge in [0.15, 0.2) is 0 Å². The summed E-state index contributed by atoms with van der Waals surface area (Å²) < 4.78 is 5.61. The number of ether oxygens (including phenoxy) is 1. The Morgan fingerprint density at radius 1 is 1.31 bits per heavy atom. The molecule has 0 bridgehead atoms. The third-order valence-electron chi connectivity index (χ3n) is 2.91. The van der Waals surface area contributed by atoms with E-state index in [1.807, 2.05) is 41.5 Å². The van der Waals surface area contributed by atoms with Gasteiger partial charge in [-0.3, -0.25) is 0 Å². The van der Waals surface area contributed by atoms with E-state index in [9.17, 15) is 10.1 Å². The zero-order valence-corrected chi connectivity index (χ0v) is 17.4. The first kappa shape index (κ1) is 23.6. The highest BCUT2D eigenvalue weighted by atomic mass is 32.1. The van der Waals surface area contributed by atoms with Gasteiger partial charge < -0.3 is 9.84 Å². The lowest BCUT2D eigenvalue weighted by Crippen LogP contribution is -2.05. The quantitative estimate of drug-likeness (QED) is 0.715. The van der Waals surface area contributed by atoms with Crippen LogP contribution in [-0.4, -0.2) is 22.7 Å². The fourth-order valence-electron chi connectivity index (χ4n) is 1.85. The molecule has 26 heavy (non-hydrogen) atoms. The van der Waals surface area contributed by atoms with Gasteiger partial charge in [0, 0.05) is 5.56 Å². The van der Waals surface area contributed by atoms with E-state index in [0.29, 0.717) is 40.1 Å². The maximum Gasteiger partial charge on any atom is 0.347 e. The summed E-state index contributed by atoms with van der Waals surface area (Å²) in [4.78, 5) is 15.6. The van der Waals surface area contributed by atoms with Crippen LogP contribution in [0.2, 0.25) is 0 Å². The van der Waals surface area contributed by atoms with Crippen molar-refractivity contribution in [3.8, 4) is 22.4 Å². The summed E-state index contributed by atoms with van der Waals surface area (Å²) in [6, 6.07) is 7.31. The van der Waals surface area contributed by atoms with Gasteiger partial charge in [0.05, 0.1) is 17.9 Å². The lowest BCUT2D eigenvalue weighted by atomic mass is 10.1. The third kappa shape index (κ3) is 6.49. The van der Waals surface area contributed by atoms with E-state index in [1.54, 1.807) is 25.1 Å². The van der Waals surface area contributed by atoms with Crippen LogP contribution >= 0.6 is 11.3 Å². The van der Waals surface area contributed by atoms with Gasteiger partial charge in [0.1, 0.15) is 21.7 Å². The second kappa shape index (κ2) is 12.0. The Balaban J connectivity index is 0.00000146. The highest BCUT2D eigenvalue weighted by molar-refractivity contribution is 7.17. The number of aromatic nitrogens is 1. The molecule has 1 aromatic carbocycles. The van der Waals surface area contributed by atoms with Crippen molar-refractivity contribution < 1.29 is 14.6 Å². The number of hydrogen-bond acceptors (Lipinski definition) is 5. The number of nitriles is 1. The molecule has 0 radical (unpaired) electrons. The lowest BCUT2D eigenvalue weighted by molar-refractivity contribution is 0.0701. The van der Waals surface area contributed by atoms with Crippen molar-refractivity contribution in [3.63, 3.8) is 0 Å². The number of aromatic carboxylic acids is 1. The maximum absolute atomic E-state index is 11.1. The molecule has 0 saturated heterocycles. The number of carboxylic acid groups (broad SMARTS) is 1. The minimum absolute atomic E-state index is 0.216. The summed E-state index contributed by atoms with van der Waals surface area (Å²) in [5.41, 5.74) is 1.61. The SMILES string of the molecule is CC.CC.Cc1nc(-c2ccc(OCC(C)C)c(C#N)c2)sc1C(=O)O. The summed E-state index contributed by atoms with van der Waals surface area (Å²) in [7, 11) is 0. The van der Waals surface area contributed by atoms with E-state index in [2.05, 4.69) is 11.1 Å². The molecule has 0 saturated carbocycles. The number of rotatable bonds is 5. The van der Waals surface area contributed by atoms with E-state index in [-0.39, 0.29) is 4.88 Å². The topological polar surface area (TPSA) is 83.2 Å². The molecule has 1 heterocycles. The molecule has 0 aliphatic rings. The van der Waals surface area contributed by atoms with Crippen molar-refractivity contribution in [2.24, 2.45) is 5.92 Å². The normalized spacial score (nSPS) is 9.35. The first-order valence-electron chi connectivity index (χ1n) is 8.80. The van der Waals surface area contributed by atoms with Crippen molar-refractivity contribution in [1.82, 2.24) is 4.98 Å². The Morgan fingerprint density at radius 2 is 1.92 bits per heavy atom. The Morgan fingerprint density at radius 3 is 2.38 bits per heavy atom. The number of carbonyl (C=O) groups is 1. The number of thiazole rings is 1. The molecule has 2 rings (SSSR count). The Labute approximate surface area is 160 Å². The molecule has 0 fully saturated rings. The van der Waals surface area contributed by atoms with Crippen LogP contribution in [0, 0.1) is 24.2 Å². The van der Waals surface area contributed by atoms with Crippen LogP contribution in [0.25, 0.3) is 10.6 Å². The van der Waals surface area contributed by atoms with Crippen LogP contribution in [0.1, 0.15) is 62.5 Å². The molecule has 2 aromatic rings. The molecule has 142 valence electrons. The lowest BCUT2D eigenvalue weighted by Gasteiger charge is -2.10. The zero-order valence-electron chi connectivity index (χ0n) is 16.6. The van der Waals surface area contributed by atoms with Gasteiger partial charge in [0.25, 0.3) is 0 Å². The Bertz CT molecular complexity index is 746. The molecule has 1 aromatic heterocycles. The van der Waals surface area contributed by atoms with Gasteiger partial charge in [-0.25, -0.2) is 9.78 Å². The van der Waals surface area contributed by atoms with Crippen molar-refractivity contribution in [3.05, 3.63) is 34.3 Å². The molecule has 0 unspecified atom stereocenters. The molecule has 1 N–H and O–H groups in total. The monoisotopic (exact) mass is 376 g/mol. The fraction of sp³-hybridized carbons (Fsp3) is 0.450. The summed E-state index contributed by atoms with van der Waals surface area (Å²) in [6.45, 7) is 14.3. The number of carboxylic acids is 1. The number of benzene rings is 1. The van der Waals surface area contributed by atoms with Gasteiger partial charge in [-0.05, 0) is 31.0 Å². The number of nitrogens with zero attached hydrogens (tertiary/aromatic N) is 2. The van der Waals surface area contributed by atoms with E-state index in [0.717, 1.165) is 11.3 Å². The predicted octanol–water partition coefficient (Wildman–Crippen LogP) is 5.78. The van der Waals surface area contributed by atoms with Crippen LogP contribution in [0.4, 0.5) is 0 Å². The van der Waals surface area contributed by atoms with E-state index >= 15 is 0 Å². The highest BCUT2D eigenvalue weighted by Crippen LogP contribution is 2.31. The van der Waals surface area contributed by atoms with Gasteiger partial charge in [-0.1, -0.05) is 41.5 Å². The van der Waals surface area contributed by atoms with Crippen molar-refractivity contribution in [2.45, 2.75) is 48.5 Å². The van der Waals surface area contributed by atoms with Gasteiger partial charge >= 0.3 is 5.97 Å². The fourth-order valence-corrected chi connectivity index (χ4v) is 2.75. The molecule has 5 nitrogen and oxygen atoms in total. The van der Waals surface area contributed by atoms with Crippen LogP contribution in [0.3, 0.4) is 0 Å². The minimum atomic E-state index is -0.987. The highest BCUT2D eigenvalue weighted by Gasteiger charge is 2.16. The summed E-state index contributed by atoms with van der Waals surface area (Å²) in [5, 5.41) is 18.9. The third-order valence-corrected chi connectivity index (χ3v) is 4.10. The number of aryl methyl sites for hydroxylation is 1. The zero-order chi connectivity index (χ0) is 20.3. The molecule has 0 spiro atoms. The summed E-state index contributed by atoms with van der Waals surface area (Å²) in [5.74, 6) is -0.0868. The van der Waals surface area contributed by atoms with Gasteiger partial charge in [0.2, 0.25) is 0 Å². The molecule has 0 atom stereocenters. The van der Waals surface area contributed by atoms with Gasteiger partial charge in [-0.15, -0.1) is 11.3 Å². The van der Waals surface area contributed by atoms with Crippen molar-refractivity contribution >= 4 is 17.3 Å². The standard InChI is InChI=1S/C16H16N2O3S.2C2H6/c1-9(2)8-21-13-5-4-11(6-12(13)7-17)15-18-10(3)14(22-15)16(19)20;2*1-2/h4-6,9H,8H2,1-3H3,(H,19,20);2*1-2H3. The number of hydrogen-bond donors (Lipinski definition) is 1. The molecule has 0 aliphatic heterocycles. The molecule has 6 heteroatoms. The molecular formula is C20H28N2O3S. The van der Waals surface area contributed by atoms with E-state index < -0.39 is 5.97 Å². The summed E-state index contributed by atoms with van der Waals surface area (Å²) >= 11 is 1.10. The first-order chi connectivity index (χ1) is 12.4. The van der Waals surface area contributed by atoms with Gasteiger partial charge in [-0.2, -0.15) is 5.26 Å². The van der Waals surface area contributed by atoms with E-state index in [4.69, 9.17) is 9.84 Å². The molecule has 0 aliphatic carbocycles. The maximum atomic E-state index is 11.1. The smallest absolute Gasteiger partial charge is 0.347 e. The van der Waals surface area contributed by atoms with E-state index in [1.165, 1.54) is 0 Å². The predicted molar refractivity (Wildman–Crippen MR) is 107 cm³/mol. The summed E-state index contributed by atoms with van der Waals surface area (Å²) in [6.07, 6.45) is 0.